The van der Waals surface area contributed by atoms with E-state index in [0.29, 0.717) is 5.92 Å². The molecule has 5 aliphatic carbocycles. The average Bonchev–Trinajstić information content (AvgIpc) is 4.47. The molecule has 0 fully saturated rings. The zero-order valence-corrected chi connectivity index (χ0v) is 41.8. The molecule has 3 heteroatoms. The van der Waals surface area contributed by atoms with E-state index in [0.717, 1.165) is 51.6 Å². The van der Waals surface area contributed by atoms with Crippen molar-refractivity contribution in [1.29, 1.82) is 0 Å². The van der Waals surface area contributed by atoms with Crippen LogP contribution in [-0.2, 0) is 5.41 Å². The van der Waals surface area contributed by atoms with E-state index in [2.05, 4.69) is 258 Å². The van der Waals surface area contributed by atoms with Gasteiger partial charge in [-0.15, -0.1) is 0 Å². The molecule has 0 amide bonds. The van der Waals surface area contributed by atoms with Crippen molar-refractivity contribution < 1.29 is 4.42 Å². The molecule has 0 saturated carbocycles. The lowest BCUT2D eigenvalue weighted by Gasteiger charge is -2.36. The van der Waals surface area contributed by atoms with Crippen LogP contribution in [0, 0.1) is 5.92 Å². The van der Waals surface area contributed by atoms with E-state index in [4.69, 9.17) is 4.42 Å². The van der Waals surface area contributed by atoms with Crippen LogP contribution in [0.5, 0.6) is 0 Å². The fourth-order valence-electron chi connectivity index (χ4n) is 14.8. The second-order valence-electron chi connectivity index (χ2n) is 21.7. The zero-order valence-electron chi connectivity index (χ0n) is 41.8. The van der Waals surface area contributed by atoms with Gasteiger partial charge in [0.05, 0.1) is 22.5 Å². The number of nitrogens with zero attached hydrogens (tertiary/aromatic N) is 2. The number of rotatable bonds is 5. The Morgan fingerprint density at radius 3 is 2.12 bits per heavy atom. The summed E-state index contributed by atoms with van der Waals surface area (Å²) in [7, 11) is 0. The summed E-state index contributed by atoms with van der Waals surface area (Å²) < 4.78 is 9.09. The summed E-state index contributed by atoms with van der Waals surface area (Å²) in [5, 5.41) is 4.79. The van der Waals surface area contributed by atoms with Crippen LogP contribution in [0.15, 0.2) is 259 Å². The second kappa shape index (κ2) is 15.9. The van der Waals surface area contributed by atoms with E-state index in [1.165, 1.54) is 94.4 Å². The van der Waals surface area contributed by atoms with Gasteiger partial charge in [0, 0.05) is 61.9 Å². The number of benzene rings is 9. The van der Waals surface area contributed by atoms with E-state index >= 15 is 0 Å². The minimum absolute atomic E-state index is 0.204. The molecule has 3 nitrogen and oxygen atoms in total. The standard InChI is InChI=1S/C73H50N2O/c1-2-16-45(17-3-1)47-18-14-19-51(40-47)75-67-30-12-7-23-56(67)60-41-48(34-38-68(60)75)49-35-39-69-61(42-49)62-43-59-55-22-6-11-29-65(55)73(63-27-9-4-20-53(63)54-21-5-10-28-64(54)73)66(59)44-70(62)74(69)50-36-32-46(33-37-50)52-25-15-26-58-57-24-8-13-31-71(57)76-72(52)58/h2,4-44,53,56,63,67H,1,3H2. The smallest absolute Gasteiger partial charge is 0.143 e. The highest BCUT2D eigenvalue weighted by atomic mass is 16.3. The number of hydrogen-bond acceptors (Lipinski definition) is 2. The fourth-order valence-corrected chi connectivity index (χ4v) is 14.8. The third-order valence-corrected chi connectivity index (χ3v) is 18.0. The molecule has 0 N–H and O–H groups in total. The summed E-state index contributed by atoms with van der Waals surface area (Å²) in [4.78, 5) is 2.56. The second-order valence-corrected chi connectivity index (χ2v) is 21.7. The summed E-state index contributed by atoms with van der Waals surface area (Å²) in [5.41, 5.74) is 24.5. The Morgan fingerprint density at radius 1 is 0.447 bits per heavy atom. The molecule has 5 atom stereocenters. The first kappa shape index (κ1) is 42.2. The predicted molar refractivity (Wildman–Crippen MR) is 315 cm³/mol. The van der Waals surface area contributed by atoms with Crippen molar-refractivity contribution in [2.45, 2.75) is 36.1 Å². The van der Waals surface area contributed by atoms with Gasteiger partial charge in [-0.1, -0.05) is 188 Å². The Hall–Kier alpha value is -9.18. The van der Waals surface area contributed by atoms with Gasteiger partial charge in [-0.2, -0.15) is 0 Å². The normalized spacial score (nSPS) is 21.2. The SMILES string of the molecule is C1=CC2c3cc(-c4ccc5c(c4)c4cc6c(cc4n5-c4ccc(-c5cccc7c5oc5ccccc57)cc4)C4(c5ccccc5-6)c5ccccc5C5C=CC=CC54)ccc3N(c3cccc(C4=CCCC=C4)c3)C2C=C1. The topological polar surface area (TPSA) is 21.3 Å². The predicted octanol–water partition coefficient (Wildman–Crippen LogP) is 18.6. The van der Waals surface area contributed by atoms with Crippen LogP contribution in [0.4, 0.5) is 11.4 Å². The number of aromatic nitrogens is 1. The first-order valence-corrected chi connectivity index (χ1v) is 27.1. The number of fused-ring (bicyclic) bond motifs is 19. The Balaban J connectivity index is 0.856. The molecule has 11 aromatic rings. The monoisotopic (exact) mass is 970 g/mol. The van der Waals surface area contributed by atoms with E-state index < -0.39 is 0 Å². The molecular formula is C73H50N2O. The van der Waals surface area contributed by atoms with Crippen LogP contribution in [0.2, 0.25) is 0 Å². The molecule has 0 bridgehead atoms. The Labute approximate surface area is 441 Å². The van der Waals surface area contributed by atoms with Crippen molar-refractivity contribution in [3.05, 3.63) is 288 Å². The van der Waals surface area contributed by atoms with E-state index in [9.17, 15) is 0 Å². The van der Waals surface area contributed by atoms with Gasteiger partial charge in [-0.05, 0) is 146 Å². The van der Waals surface area contributed by atoms with Crippen LogP contribution in [0.3, 0.4) is 0 Å². The van der Waals surface area contributed by atoms with Crippen LogP contribution < -0.4 is 4.90 Å². The molecule has 6 aliphatic rings. The highest BCUT2D eigenvalue weighted by Gasteiger charge is 2.57. The Kier molecular flexibility index (Phi) is 8.84. The van der Waals surface area contributed by atoms with E-state index in [1.807, 2.05) is 6.07 Å². The fraction of sp³-hybridized carbons (Fsp3) is 0.0959. The van der Waals surface area contributed by atoms with Crippen molar-refractivity contribution in [3.63, 3.8) is 0 Å². The minimum atomic E-state index is -0.339. The number of furan rings is 1. The van der Waals surface area contributed by atoms with Gasteiger partial charge >= 0.3 is 0 Å². The van der Waals surface area contributed by atoms with E-state index in [-0.39, 0.29) is 23.3 Å². The van der Waals surface area contributed by atoms with E-state index in [1.54, 1.807) is 0 Å². The van der Waals surface area contributed by atoms with Crippen molar-refractivity contribution in [3.8, 4) is 39.1 Å². The summed E-state index contributed by atoms with van der Waals surface area (Å²) in [5.74, 6) is 0.791. The van der Waals surface area contributed by atoms with Crippen molar-refractivity contribution in [1.82, 2.24) is 4.57 Å². The third kappa shape index (κ3) is 5.77. The van der Waals surface area contributed by atoms with Gasteiger partial charge in [0.1, 0.15) is 11.2 Å². The van der Waals surface area contributed by atoms with Gasteiger partial charge in [0.15, 0.2) is 0 Å². The lowest BCUT2D eigenvalue weighted by atomic mass is 9.65. The van der Waals surface area contributed by atoms with Crippen LogP contribution in [0.25, 0.3) is 88.4 Å². The van der Waals surface area contributed by atoms with Crippen LogP contribution in [0.1, 0.15) is 58.1 Å². The largest absolute Gasteiger partial charge is 0.455 e. The van der Waals surface area contributed by atoms with Gasteiger partial charge in [-0.3, -0.25) is 0 Å². The van der Waals surface area contributed by atoms with Crippen LogP contribution >= 0.6 is 0 Å². The maximum Gasteiger partial charge on any atom is 0.143 e. The molecule has 76 heavy (non-hydrogen) atoms. The number of allylic oxidation sites excluding steroid dienone is 10. The summed E-state index contributed by atoms with van der Waals surface area (Å²) in [6.07, 6.45) is 27.9. The lowest BCUT2D eigenvalue weighted by Crippen LogP contribution is -2.32. The van der Waals surface area contributed by atoms with Gasteiger partial charge in [0.2, 0.25) is 0 Å². The molecule has 2 aromatic heterocycles. The first-order valence-electron chi connectivity index (χ1n) is 27.1. The quantitative estimate of drug-likeness (QED) is 0.171. The number of hydrogen-bond donors (Lipinski definition) is 0. The van der Waals surface area contributed by atoms with Crippen molar-refractivity contribution in [2.24, 2.45) is 5.92 Å². The maximum absolute atomic E-state index is 6.56. The molecule has 0 saturated heterocycles. The molecule has 9 aromatic carbocycles. The molecule has 17 rings (SSSR count). The Bertz CT molecular complexity index is 4510. The number of para-hydroxylation sites is 2. The average molecular weight is 971 g/mol. The molecule has 0 radical (unpaired) electrons. The molecule has 1 spiro atoms. The van der Waals surface area contributed by atoms with Crippen LogP contribution in [-0.4, -0.2) is 10.6 Å². The summed E-state index contributed by atoms with van der Waals surface area (Å²) >= 11 is 0. The highest BCUT2D eigenvalue weighted by molar-refractivity contribution is 6.13. The highest BCUT2D eigenvalue weighted by Crippen LogP contribution is 2.66. The molecule has 5 unspecified atom stereocenters. The number of anilines is 2. The summed E-state index contributed by atoms with van der Waals surface area (Å²) in [6, 6.07) is 71.5. The molecular weight excluding hydrogens is 921 g/mol. The van der Waals surface area contributed by atoms with Gasteiger partial charge < -0.3 is 13.9 Å². The molecule has 1 aliphatic heterocycles. The van der Waals surface area contributed by atoms with Crippen molar-refractivity contribution in [2.75, 3.05) is 4.90 Å². The Morgan fingerprint density at radius 2 is 1.20 bits per heavy atom. The van der Waals surface area contributed by atoms with Gasteiger partial charge in [0.25, 0.3) is 0 Å². The third-order valence-electron chi connectivity index (χ3n) is 18.0. The maximum atomic E-state index is 6.56. The van der Waals surface area contributed by atoms with Crippen molar-refractivity contribution >= 4 is 60.7 Å². The van der Waals surface area contributed by atoms with Gasteiger partial charge in [-0.25, -0.2) is 0 Å². The minimum Gasteiger partial charge on any atom is -0.455 e. The lowest BCUT2D eigenvalue weighted by molar-refractivity contribution is 0.466. The first-order chi connectivity index (χ1) is 37.7. The summed E-state index contributed by atoms with van der Waals surface area (Å²) in [6.45, 7) is 0. The zero-order chi connectivity index (χ0) is 49.6. The molecule has 358 valence electrons. The molecule has 3 heterocycles.